The fourth-order valence-corrected chi connectivity index (χ4v) is 1.69. The Morgan fingerprint density at radius 1 is 1.25 bits per heavy atom. The topological polar surface area (TPSA) is 73.5 Å². The van der Waals surface area contributed by atoms with Gasteiger partial charge in [-0.3, -0.25) is 4.90 Å². The zero-order valence-electron chi connectivity index (χ0n) is 9.68. The minimum atomic E-state index is 0.680. The number of ether oxygens (including phenoxy) is 2. The lowest BCUT2D eigenvalue weighted by molar-refractivity contribution is 0.109. The largest absolute Gasteiger partial charge is 0.388 e. The number of methoxy groups -OCH3 is 2. The van der Waals surface area contributed by atoms with Crippen molar-refractivity contribution in [3.63, 3.8) is 0 Å². The molecule has 0 aromatic carbocycles. The summed E-state index contributed by atoms with van der Waals surface area (Å²) in [7, 11) is 3.38. The van der Waals surface area contributed by atoms with Crippen molar-refractivity contribution in [1.82, 2.24) is 14.5 Å². The van der Waals surface area contributed by atoms with Crippen LogP contribution in [0.4, 0.5) is 5.00 Å². The van der Waals surface area contributed by atoms with Gasteiger partial charge in [-0.2, -0.15) is 0 Å². The molecular formula is C9H18N4O2S. The molecule has 0 aliphatic carbocycles. The Bertz CT molecular complexity index is 287. The highest BCUT2D eigenvalue weighted by Gasteiger charge is 2.10. The van der Waals surface area contributed by atoms with Gasteiger partial charge >= 0.3 is 0 Å². The number of nitrogens with zero attached hydrogens (tertiary/aromatic N) is 3. The van der Waals surface area contributed by atoms with E-state index in [0.29, 0.717) is 24.8 Å². The quantitative estimate of drug-likeness (QED) is 0.707. The van der Waals surface area contributed by atoms with Gasteiger partial charge in [0.15, 0.2) is 0 Å². The van der Waals surface area contributed by atoms with E-state index in [1.54, 1.807) is 14.2 Å². The second kappa shape index (κ2) is 7.50. The minimum Gasteiger partial charge on any atom is -0.388 e. The average molecular weight is 246 g/mol. The maximum absolute atomic E-state index is 5.75. The van der Waals surface area contributed by atoms with E-state index >= 15 is 0 Å². The number of anilines is 1. The van der Waals surface area contributed by atoms with Crippen LogP contribution in [-0.2, 0) is 16.0 Å². The van der Waals surface area contributed by atoms with Gasteiger partial charge in [0.1, 0.15) is 10.7 Å². The van der Waals surface area contributed by atoms with Crippen LogP contribution in [0.5, 0.6) is 0 Å². The molecule has 0 aliphatic heterocycles. The zero-order valence-corrected chi connectivity index (χ0v) is 10.5. The third-order valence-electron chi connectivity index (χ3n) is 2.18. The first-order valence-electron chi connectivity index (χ1n) is 5.05. The first-order chi connectivity index (χ1) is 7.77. The van der Waals surface area contributed by atoms with Crippen molar-refractivity contribution in [3.05, 3.63) is 5.69 Å². The number of rotatable bonds is 8. The Morgan fingerprint density at radius 3 is 2.31 bits per heavy atom. The maximum Gasteiger partial charge on any atom is 0.132 e. The molecule has 0 unspecified atom stereocenters. The van der Waals surface area contributed by atoms with Gasteiger partial charge in [0, 0.05) is 45.4 Å². The molecule has 0 saturated heterocycles. The predicted molar refractivity (Wildman–Crippen MR) is 63.4 cm³/mol. The zero-order chi connectivity index (χ0) is 11.8. The van der Waals surface area contributed by atoms with Crippen molar-refractivity contribution in [2.24, 2.45) is 0 Å². The minimum absolute atomic E-state index is 0.680. The number of nitrogens with two attached hydrogens (primary N) is 1. The maximum atomic E-state index is 5.75. The third-order valence-corrected chi connectivity index (χ3v) is 2.78. The van der Waals surface area contributed by atoms with Crippen LogP contribution in [0.2, 0.25) is 0 Å². The smallest absolute Gasteiger partial charge is 0.132 e. The van der Waals surface area contributed by atoms with Crippen LogP contribution in [0.25, 0.3) is 0 Å². The summed E-state index contributed by atoms with van der Waals surface area (Å²) in [6.45, 7) is 3.71. The molecule has 0 bridgehead atoms. The molecule has 1 rings (SSSR count). The third kappa shape index (κ3) is 4.40. The summed E-state index contributed by atoms with van der Waals surface area (Å²) < 4.78 is 13.9. The van der Waals surface area contributed by atoms with Crippen LogP contribution in [0.3, 0.4) is 0 Å². The molecule has 1 aromatic heterocycles. The van der Waals surface area contributed by atoms with Gasteiger partial charge < -0.3 is 15.2 Å². The lowest BCUT2D eigenvalue weighted by Crippen LogP contribution is -2.30. The fourth-order valence-electron chi connectivity index (χ4n) is 1.25. The van der Waals surface area contributed by atoms with Crippen LogP contribution in [0.1, 0.15) is 5.69 Å². The van der Waals surface area contributed by atoms with Crippen LogP contribution in [0.15, 0.2) is 0 Å². The predicted octanol–water partition coefficient (Wildman–Crippen LogP) is 0.215. The Labute approximate surface area is 99.5 Å². The van der Waals surface area contributed by atoms with E-state index < -0.39 is 0 Å². The van der Waals surface area contributed by atoms with Crippen LogP contribution < -0.4 is 5.73 Å². The molecule has 0 fully saturated rings. The van der Waals surface area contributed by atoms with Crippen molar-refractivity contribution in [2.75, 3.05) is 46.3 Å². The van der Waals surface area contributed by atoms with E-state index in [1.165, 1.54) is 11.5 Å². The highest BCUT2D eigenvalue weighted by molar-refractivity contribution is 7.09. The second-order valence-corrected chi connectivity index (χ2v) is 4.13. The molecule has 0 atom stereocenters. The van der Waals surface area contributed by atoms with Crippen molar-refractivity contribution in [3.8, 4) is 0 Å². The van der Waals surface area contributed by atoms with Crippen molar-refractivity contribution in [1.29, 1.82) is 0 Å². The molecule has 2 N–H and O–H groups in total. The standard InChI is InChI=1S/C9H18N4O2S/c1-14-5-3-13(4-6-15-2)7-8-9(10)16-12-11-8/h3-7,10H2,1-2H3. The van der Waals surface area contributed by atoms with Crippen molar-refractivity contribution >= 4 is 16.5 Å². The van der Waals surface area contributed by atoms with E-state index in [0.717, 1.165) is 18.8 Å². The second-order valence-electron chi connectivity index (χ2n) is 3.35. The molecule has 0 saturated carbocycles. The monoisotopic (exact) mass is 246 g/mol. The molecule has 0 aliphatic rings. The van der Waals surface area contributed by atoms with Gasteiger partial charge in [-0.25, -0.2) is 0 Å². The Balaban J connectivity index is 2.45. The lowest BCUT2D eigenvalue weighted by atomic mass is 10.4. The number of nitrogen functional groups attached to an aromatic ring is 1. The summed E-state index contributed by atoms with van der Waals surface area (Å²) in [6.07, 6.45) is 0. The summed E-state index contributed by atoms with van der Waals surface area (Å²) in [5.74, 6) is 0. The van der Waals surface area contributed by atoms with E-state index in [1.807, 2.05) is 0 Å². The molecular weight excluding hydrogens is 228 g/mol. The lowest BCUT2D eigenvalue weighted by Gasteiger charge is -2.20. The Hall–Kier alpha value is -0.760. The summed E-state index contributed by atoms with van der Waals surface area (Å²) in [6, 6.07) is 0. The fraction of sp³-hybridized carbons (Fsp3) is 0.778. The van der Waals surface area contributed by atoms with Crippen molar-refractivity contribution < 1.29 is 9.47 Å². The van der Waals surface area contributed by atoms with Gasteiger partial charge in [-0.15, -0.1) is 5.10 Å². The number of aromatic nitrogens is 2. The van der Waals surface area contributed by atoms with Gasteiger partial charge in [-0.1, -0.05) is 4.49 Å². The van der Waals surface area contributed by atoms with Crippen molar-refractivity contribution in [2.45, 2.75) is 6.54 Å². The molecule has 1 aromatic rings. The molecule has 0 radical (unpaired) electrons. The molecule has 1 heterocycles. The van der Waals surface area contributed by atoms with Gasteiger partial charge in [0.2, 0.25) is 0 Å². The average Bonchev–Trinajstić information content (AvgIpc) is 2.68. The Morgan fingerprint density at radius 2 is 1.88 bits per heavy atom. The summed E-state index contributed by atoms with van der Waals surface area (Å²) >= 11 is 1.22. The first kappa shape index (κ1) is 13.3. The van der Waals surface area contributed by atoms with Crippen LogP contribution in [0, 0.1) is 0 Å². The highest BCUT2D eigenvalue weighted by Crippen LogP contribution is 2.14. The van der Waals surface area contributed by atoms with E-state index in [4.69, 9.17) is 15.2 Å². The molecule has 92 valence electrons. The first-order valence-corrected chi connectivity index (χ1v) is 5.82. The van der Waals surface area contributed by atoms with Crippen LogP contribution >= 0.6 is 11.5 Å². The number of hydrogen-bond acceptors (Lipinski definition) is 7. The summed E-state index contributed by atoms with van der Waals surface area (Å²) in [5.41, 5.74) is 6.58. The van der Waals surface area contributed by atoms with Gasteiger partial charge in [0.05, 0.1) is 13.2 Å². The molecule has 16 heavy (non-hydrogen) atoms. The molecule has 6 nitrogen and oxygen atoms in total. The van der Waals surface area contributed by atoms with E-state index in [9.17, 15) is 0 Å². The highest BCUT2D eigenvalue weighted by atomic mass is 32.1. The van der Waals surface area contributed by atoms with E-state index in [2.05, 4.69) is 14.5 Å². The Kier molecular flexibility index (Phi) is 6.24. The van der Waals surface area contributed by atoms with E-state index in [-0.39, 0.29) is 0 Å². The summed E-state index contributed by atoms with van der Waals surface area (Å²) in [4.78, 5) is 2.18. The molecule has 0 spiro atoms. The molecule has 0 amide bonds. The number of hydrogen-bond donors (Lipinski definition) is 1. The van der Waals surface area contributed by atoms with Gasteiger partial charge in [-0.05, 0) is 0 Å². The normalized spacial score (nSPS) is 11.2. The summed E-state index contributed by atoms with van der Waals surface area (Å²) in [5, 5.41) is 4.67. The SMILES string of the molecule is COCCN(CCOC)Cc1nnsc1N. The van der Waals surface area contributed by atoms with Crippen LogP contribution in [-0.4, -0.2) is 55.0 Å². The molecule has 7 heteroatoms. The van der Waals surface area contributed by atoms with Gasteiger partial charge in [0.25, 0.3) is 0 Å².